The normalized spacial score (nSPS) is 21.3. The number of rotatable bonds is 0. The molecule has 1 unspecified atom stereocenters. The summed E-state index contributed by atoms with van der Waals surface area (Å²) in [6.07, 6.45) is -0.270. The fourth-order valence-corrected chi connectivity index (χ4v) is 1.47. The number of carbonyl (C=O) groups excluding carboxylic acids is 1. The van der Waals surface area contributed by atoms with Gasteiger partial charge in [0, 0.05) is 18.2 Å². The van der Waals surface area contributed by atoms with Crippen molar-refractivity contribution in [2.45, 2.75) is 6.17 Å². The minimum atomic E-state index is -0.270. The summed E-state index contributed by atoms with van der Waals surface area (Å²) >= 11 is 0. The molecule has 62 valence electrons. The van der Waals surface area contributed by atoms with Crippen LogP contribution in [0.15, 0.2) is 24.3 Å². The van der Waals surface area contributed by atoms with Crippen molar-refractivity contribution >= 4 is 5.91 Å². The molecular formula is C9H10N2O. The molecular weight excluding hydrogens is 152 g/mol. The Labute approximate surface area is 70.8 Å². The van der Waals surface area contributed by atoms with E-state index in [4.69, 9.17) is 5.73 Å². The molecule has 1 heterocycles. The van der Waals surface area contributed by atoms with Crippen LogP contribution in [-0.2, 0) is 0 Å². The molecule has 0 aliphatic carbocycles. The molecule has 1 aliphatic heterocycles. The zero-order valence-corrected chi connectivity index (χ0v) is 6.82. The minimum Gasteiger partial charge on any atom is -0.322 e. The van der Waals surface area contributed by atoms with Crippen molar-refractivity contribution in [1.29, 1.82) is 0 Å². The minimum absolute atomic E-state index is 0.0121. The van der Waals surface area contributed by atoms with Crippen molar-refractivity contribution in [2.24, 2.45) is 5.73 Å². The van der Waals surface area contributed by atoms with E-state index in [1.165, 1.54) is 0 Å². The molecule has 0 spiro atoms. The van der Waals surface area contributed by atoms with Gasteiger partial charge in [-0.15, -0.1) is 0 Å². The van der Waals surface area contributed by atoms with Gasteiger partial charge >= 0.3 is 0 Å². The van der Waals surface area contributed by atoms with Crippen LogP contribution >= 0.6 is 0 Å². The van der Waals surface area contributed by atoms with Crippen molar-refractivity contribution in [1.82, 2.24) is 4.90 Å². The predicted octanol–water partition coefficient (Wildman–Crippen LogP) is 0.730. The number of hydrogen-bond acceptors (Lipinski definition) is 2. The quantitative estimate of drug-likeness (QED) is 0.611. The maximum Gasteiger partial charge on any atom is 0.255 e. The van der Waals surface area contributed by atoms with Crippen LogP contribution in [0.5, 0.6) is 0 Å². The molecule has 1 aromatic carbocycles. The van der Waals surface area contributed by atoms with Gasteiger partial charge in [0.2, 0.25) is 0 Å². The Hall–Kier alpha value is -1.35. The van der Waals surface area contributed by atoms with E-state index in [-0.39, 0.29) is 12.1 Å². The van der Waals surface area contributed by atoms with E-state index in [1.807, 2.05) is 18.2 Å². The van der Waals surface area contributed by atoms with Gasteiger partial charge in [-0.1, -0.05) is 18.2 Å². The molecule has 2 N–H and O–H groups in total. The van der Waals surface area contributed by atoms with Crippen LogP contribution in [0.25, 0.3) is 0 Å². The maximum absolute atomic E-state index is 11.5. The number of nitrogens with two attached hydrogens (primary N) is 1. The number of benzene rings is 1. The fourth-order valence-electron chi connectivity index (χ4n) is 1.47. The molecule has 0 bridgehead atoms. The Morgan fingerprint density at radius 1 is 1.42 bits per heavy atom. The summed E-state index contributed by atoms with van der Waals surface area (Å²) < 4.78 is 0. The first kappa shape index (κ1) is 7.31. The van der Waals surface area contributed by atoms with Crippen molar-refractivity contribution < 1.29 is 4.79 Å². The Bertz CT molecular complexity index is 335. The highest BCUT2D eigenvalue weighted by molar-refractivity contribution is 5.98. The van der Waals surface area contributed by atoms with Gasteiger partial charge in [-0.05, 0) is 6.07 Å². The average Bonchev–Trinajstić information content (AvgIpc) is 2.33. The number of fused-ring (bicyclic) bond motifs is 1. The second-order valence-corrected chi connectivity index (χ2v) is 2.95. The molecule has 3 nitrogen and oxygen atoms in total. The molecule has 1 atom stereocenters. The monoisotopic (exact) mass is 162 g/mol. The van der Waals surface area contributed by atoms with Gasteiger partial charge in [-0.25, -0.2) is 0 Å². The molecule has 0 radical (unpaired) electrons. The van der Waals surface area contributed by atoms with E-state index >= 15 is 0 Å². The molecule has 3 heteroatoms. The molecule has 1 aromatic rings. The molecule has 0 aromatic heterocycles. The number of carbonyl (C=O) groups is 1. The summed E-state index contributed by atoms with van der Waals surface area (Å²) in [5.74, 6) is 0.0121. The highest BCUT2D eigenvalue weighted by Crippen LogP contribution is 2.27. The standard InChI is InChI=1S/C9H10N2O/c1-11-8(10)6-4-2-3-5-7(6)9(11)12/h2-5,8H,10H2,1H3. The molecule has 1 amide bonds. The second-order valence-electron chi connectivity index (χ2n) is 2.95. The van der Waals surface area contributed by atoms with E-state index < -0.39 is 0 Å². The molecule has 0 saturated heterocycles. The van der Waals surface area contributed by atoms with Crippen LogP contribution in [0.3, 0.4) is 0 Å². The largest absolute Gasteiger partial charge is 0.322 e. The second kappa shape index (κ2) is 2.32. The van der Waals surface area contributed by atoms with Crippen molar-refractivity contribution in [3.63, 3.8) is 0 Å². The Kier molecular flexibility index (Phi) is 1.41. The topological polar surface area (TPSA) is 46.3 Å². The number of nitrogens with zero attached hydrogens (tertiary/aromatic N) is 1. The van der Waals surface area contributed by atoms with Crippen LogP contribution in [0.4, 0.5) is 0 Å². The van der Waals surface area contributed by atoms with Crippen LogP contribution in [0.1, 0.15) is 22.1 Å². The Morgan fingerprint density at radius 2 is 2.08 bits per heavy atom. The fraction of sp³-hybridized carbons (Fsp3) is 0.222. The molecule has 2 rings (SSSR count). The predicted molar refractivity (Wildman–Crippen MR) is 45.5 cm³/mol. The van der Waals surface area contributed by atoms with Gasteiger partial charge in [-0.3, -0.25) is 4.79 Å². The zero-order chi connectivity index (χ0) is 8.72. The first-order valence-corrected chi connectivity index (χ1v) is 3.83. The number of amides is 1. The number of hydrogen-bond donors (Lipinski definition) is 1. The average molecular weight is 162 g/mol. The lowest BCUT2D eigenvalue weighted by Crippen LogP contribution is -2.28. The third-order valence-electron chi connectivity index (χ3n) is 2.25. The van der Waals surface area contributed by atoms with Gasteiger partial charge in [-0.2, -0.15) is 0 Å². The van der Waals surface area contributed by atoms with Gasteiger partial charge in [0.15, 0.2) is 0 Å². The smallest absolute Gasteiger partial charge is 0.255 e. The van der Waals surface area contributed by atoms with Crippen LogP contribution < -0.4 is 5.73 Å². The molecule has 0 saturated carbocycles. The highest BCUT2D eigenvalue weighted by atomic mass is 16.2. The summed E-state index contributed by atoms with van der Waals surface area (Å²) in [6, 6.07) is 7.44. The van der Waals surface area contributed by atoms with Gasteiger partial charge in [0.05, 0.1) is 0 Å². The first-order chi connectivity index (χ1) is 5.72. The summed E-state index contributed by atoms with van der Waals surface area (Å²) in [5, 5.41) is 0. The molecule has 12 heavy (non-hydrogen) atoms. The molecule has 0 fully saturated rings. The lowest BCUT2D eigenvalue weighted by Gasteiger charge is -2.14. The SMILES string of the molecule is CN1C(=O)c2ccccc2C1N. The lowest BCUT2D eigenvalue weighted by atomic mass is 10.1. The van der Waals surface area contributed by atoms with E-state index in [2.05, 4.69) is 0 Å². The van der Waals surface area contributed by atoms with E-state index in [0.717, 1.165) is 11.1 Å². The van der Waals surface area contributed by atoms with Crippen molar-refractivity contribution in [3.05, 3.63) is 35.4 Å². The Balaban J connectivity index is 2.59. The molecule has 1 aliphatic rings. The van der Waals surface area contributed by atoms with Crippen molar-refractivity contribution in [3.8, 4) is 0 Å². The van der Waals surface area contributed by atoms with Gasteiger partial charge in [0.1, 0.15) is 6.17 Å². The van der Waals surface area contributed by atoms with Gasteiger partial charge in [0.25, 0.3) is 5.91 Å². The van der Waals surface area contributed by atoms with E-state index in [1.54, 1.807) is 18.0 Å². The first-order valence-electron chi connectivity index (χ1n) is 3.83. The third kappa shape index (κ3) is 0.769. The van der Waals surface area contributed by atoms with Gasteiger partial charge < -0.3 is 10.6 Å². The third-order valence-corrected chi connectivity index (χ3v) is 2.25. The van der Waals surface area contributed by atoms with Crippen LogP contribution in [0, 0.1) is 0 Å². The highest BCUT2D eigenvalue weighted by Gasteiger charge is 2.30. The Morgan fingerprint density at radius 3 is 2.75 bits per heavy atom. The summed E-state index contributed by atoms with van der Waals surface area (Å²) in [7, 11) is 1.72. The summed E-state index contributed by atoms with van der Waals surface area (Å²) in [6.45, 7) is 0. The van der Waals surface area contributed by atoms with Crippen LogP contribution in [0.2, 0.25) is 0 Å². The lowest BCUT2D eigenvalue weighted by molar-refractivity contribution is 0.0778. The van der Waals surface area contributed by atoms with E-state index in [9.17, 15) is 4.79 Å². The van der Waals surface area contributed by atoms with Crippen molar-refractivity contribution in [2.75, 3.05) is 7.05 Å². The summed E-state index contributed by atoms with van der Waals surface area (Å²) in [5.41, 5.74) is 7.44. The zero-order valence-electron chi connectivity index (χ0n) is 6.82. The summed E-state index contributed by atoms with van der Waals surface area (Å²) in [4.78, 5) is 13.0. The van der Waals surface area contributed by atoms with Crippen LogP contribution in [-0.4, -0.2) is 17.9 Å². The maximum atomic E-state index is 11.5. The van der Waals surface area contributed by atoms with E-state index in [0.29, 0.717) is 0 Å².